The Bertz CT molecular complexity index is 1100. The summed E-state index contributed by atoms with van der Waals surface area (Å²) in [6.45, 7) is 0. The number of halogens is 2. The first-order chi connectivity index (χ1) is 12.7. The van der Waals surface area contributed by atoms with E-state index in [1.807, 2.05) is 0 Å². The summed E-state index contributed by atoms with van der Waals surface area (Å²) in [5, 5.41) is 7.81. The monoisotopic (exact) mass is 370 g/mol. The standard InChI is InChI=1S/C17H12ClFN6O/c1-26-14-4-2-3-13(21-14)16-23-17(15-10(18)6-8-25(15)24-16)22-12-5-7-20-9-11(12)19/h2-9H,1H3,(H,20,22,23,24). The molecule has 4 rings (SSSR count). The predicted octanol–water partition coefficient (Wildman–Crippen LogP) is 3.73. The second-order valence-electron chi connectivity index (χ2n) is 5.29. The molecule has 0 aromatic carbocycles. The highest BCUT2D eigenvalue weighted by molar-refractivity contribution is 6.34. The third kappa shape index (κ3) is 2.91. The number of nitrogens with zero attached hydrogens (tertiary/aromatic N) is 5. The molecule has 9 heteroatoms. The van der Waals surface area contributed by atoms with Gasteiger partial charge in [0, 0.05) is 18.5 Å². The maximum absolute atomic E-state index is 14.0. The van der Waals surface area contributed by atoms with Crippen LogP contribution in [0.4, 0.5) is 15.9 Å². The molecule has 0 atom stereocenters. The maximum atomic E-state index is 14.0. The number of rotatable bonds is 4. The maximum Gasteiger partial charge on any atom is 0.213 e. The first-order valence-corrected chi connectivity index (χ1v) is 7.96. The number of methoxy groups -OCH3 is 1. The molecule has 4 heterocycles. The molecule has 0 amide bonds. The van der Waals surface area contributed by atoms with Gasteiger partial charge in [-0.2, -0.15) is 0 Å². The van der Waals surface area contributed by atoms with Gasteiger partial charge in [0.05, 0.1) is 24.0 Å². The van der Waals surface area contributed by atoms with Crippen LogP contribution in [0.25, 0.3) is 17.0 Å². The fourth-order valence-electron chi connectivity index (χ4n) is 2.44. The van der Waals surface area contributed by atoms with Gasteiger partial charge in [-0.05, 0) is 18.2 Å². The van der Waals surface area contributed by atoms with Gasteiger partial charge in [-0.1, -0.05) is 17.7 Å². The van der Waals surface area contributed by atoms with E-state index in [9.17, 15) is 4.39 Å². The van der Waals surface area contributed by atoms with Crippen LogP contribution in [0.15, 0.2) is 48.9 Å². The number of hydrogen-bond acceptors (Lipinski definition) is 6. The van der Waals surface area contributed by atoms with E-state index < -0.39 is 5.82 Å². The van der Waals surface area contributed by atoms with E-state index in [4.69, 9.17) is 16.3 Å². The van der Waals surface area contributed by atoms with Crippen LogP contribution >= 0.6 is 11.6 Å². The van der Waals surface area contributed by atoms with Gasteiger partial charge < -0.3 is 10.1 Å². The van der Waals surface area contributed by atoms with Gasteiger partial charge in [0.15, 0.2) is 11.6 Å². The largest absolute Gasteiger partial charge is 0.481 e. The fraction of sp³-hybridized carbons (Fsp3) is 0.0588. The zero-order valence-electron chi connectivity index (χ0n) is 13.5. The zero-order valence-corrected chi connectivity index (χ0v) is 14.3. The van der Waals surface area contributed by atoms with Crippen LogP contribution in [0.3, 0.4) is 0 Å². The van der Waals surface area contributed by atoms with Crippen LogP contribution in [0.2, 0.25) is 5.02 Å². The highest BCUT2D eigenvalue weighted by atomic mass is 35.5. The van der Waals surface area contributed by atoms with Crippen molar-refractivity contribution in [2.24, 2.45) is 0 Å². The highest BCUT2D eigenvalue weighted by Crippen LogP contribution is 2.29. The Morgan fingerprint density at radius 2 is 2.08 bits per heavy atom. The molecular formula is C17H12ClFN6O. The number of ether oxygens (including phenoxy) is 1. The lowest BCUT2D eigenvalue weighted by Crippen LogP contribution is -2.05. The summed E-state index contributed by atoms with van der Waals surface area (Å²) >= 11 is 6.25. The molecule has 0 saturated heterocycles. The quantitative estimate of drug-likeness (QED) is 0.589. The first kappa shape index (κ1) is 16.2. The van der Waals surface area contributed by atoms with E-state index in [0.717, 1.165) is 6.20 Å². The van der Waals surface area contributed by atoms with Crippen LogP contribution in [0.1, 0.15) is 0 Å². The number of pyridine rings is 2. The van der Waals surface area contributed by atoms with E-state index in [1.165, 1.54) is 19.4 Å². The van der Waals surface area contributed by atoms with Gasteiger partial charge in [0.25, 0.3) is 0 Å². The molecule has 4 aromatic heterocycles. The molecule has 0 radical (unpaired) electrons. The normalized spacial score (nSPS) is 10.9. The molecule has 0 fully saturated rings. The minimum Gasteiger partial charge on any atom is -0.481 e. The van der Waals surface area contributed by atoms with Crippen LogP contribution in [0.5, 0.6) is 5.88 Å². The summed E-state index contributed by atoms with van der Waals surface area (Å²) in [6, 6.07) is 8.45. The molecule has 0 unspecified atom stereocenters. The fourth-order valence-corrected chi connectivity index (χ4v) is 2.67. The van der Waals surface area contributed by atoms with Gasteiger partial charge in [-0.3, -0.25) is 4.98 Å². The molecule has 0 aliphatic rings. The number of hydrogen-bond donors (Lipinski definition) is 1. The molecular weight excluding hydrogens is 359 g/mol. The number of nitrogens with one attached hydrogen (secondary N) is 1. The van der Waals surface area contributed by atoms with Gasteiger partial charge in [0.2, 0.25) is 11.7 Å². The molecule has 130 valence electrons. The number of anilines is 2. The van der Waals surface area contributed by atoms with Crippen LogP contribution in [-0.4, -0.2) is 31.7 Å². The van der Waals surface area contributed by atoms with Gasteiger partial charge in [-0.15, -0.1) is 5.10 Å². The molecule has 0 spiro atoms. The minimum atomic E-state index is -0.506. The molecule has 0 saturated carbocycles. The average Bonchev–Trinajstić information content (AvgIpc) is 3.05. The Balaban J connectivity index is 1.87. The van der Waals surface area contributed by atoms with E-state index in [0.29, 0.717) is 33.8 Å². The van der Waals surface area contributed by atoms with E-state index in [1.54, 1.807) is 35.0 Å². The SMILES string of the molecule is COc1cccc(-c2nc(Nc3ccncc3F)c3c(Cl)ccn3n2)n1. The molecule has 7 nitrogen and oxygen atoms in total. The second-order valence-corrected chi connectivity index (χ2v) is 5.69. The van der Waals surface area contributed by atoms with E-state index in [-0.39, 0.29) is 5.69 Å². The number of fused-ring (bicyclic) bond motifs is 1. The molecule has 1 N–H and O–H groups in total. The van der Waals surface area contributed by atoms with Gasteiger partial charge in [0.1, 0.15) is 11.2 Å². The Morgan fingerprint density at radius 1 is 1.19 bits per heavy atom. The summed E-state index contributed by atoms with van der Waals surface area (Å²) in [5.74, 6) is 0.611. The van der Waals surface area contributed by atoms with Crippen molar-refractivity contribution in [2.75, 3.05) is 12.4 Å². The highest BCUT2D eigenvalue weighted by Gasteiger charge is 2.15. The lowest BCUT2D eigenvalue weighted by molar-refractivity contribution is 0.398. The van der Waals surface area contributed by atoms with Gasteiger partial charge >= 0.3 is 0 Å². The third-order valence-electron chi connectivity index (χ3n) is 3.65. The topological polar surface area (TPSA) is 77.2 Å². The first-order valence-electron chi connectivity index (χ1n) is 7.58. The van der Waals surface area contributed by atoms with Crippen molar-refractivity contribution in [3.8, 4) is 17.4 Å². The summed E-state index contributed by atoms with van der Waals surface area (Å²) < 4.78 is 20.7. The Hall–Kier alpha value is -3.26. The van der Waals surface area contributed by atoms with Crippen LogP contribution in [-0.2, 0) is 0 Å². The second kappa shape index (κ2) is 6.57. The van der Waals surface area contributed by atoms with Crippen LogP contribution < -0.4 is 10.1 Å². The lowest BCUT2D eigenvalue weighted by Gasteiger charge is -2.10. The van der Waals surface area contributed by atoms with Crippen LogP contribution in [0, 0.1) is 5.82 Å². The van der Waals surface area contributed by atoms with Crippen molar-refractivity contribution in [3.05, 3.63) is 59.8 Å². The Kier molecular flexibility index (Phi) is 4.10. The number of aromatic nitrogens is 5. The van der Waals surface area contributed by atoms with E-state index >= 15 is 0 Å². The smallest absolute Gasteiger partial charge is 0.213 e. The molecule has 0 aliphatic carbocycles. The summed E-state index contributed by atoms with van der Waals surface area (Å²) in [4.78, 5) is 12.6. The van der Waals surface area contributed by atoms with Crippen molar-refractivity contribution in [1.82, 2.24) is 24.6 Å². The summed E-state index contributed by atoms with van der Waals surface area (Å²) in [6.07, 6.45) is 4.29. The molecule has 4 aromatic rings. The van der Waals surface area contributed by atoms with Crippen molar-refractivity contribution < 1.29 is 9.13 Å². The third-order valence-corrected chi connectivity index (χ3v) is 3.95. The van der Waals surface area contributed by atoms with Crippen molar-refractivity contribution in [3.63, 3.8) is 0 Å². The molecule has 0 aliphatic heterocycles. The lowest BCUT2D eigenvalue weighted by atomic mass is 10.3. The van der Waals surface area contributed by atoms with Crippen molar-refractivity contribution >= 4 is 28.6 Å². The Labute approximate surface area is 152 Å². The summed E-state index contributed by atoms with van der Waals surface area (Å²) in [7, 11) is 1.53. The Morgan fingerprint density at radius 3 is 2.88 bits per heavy atom. The average molecular weight is 371 g/mol. The van der Waals surface area contributed by atoms with Crippen molar-refractivity contribution in [2.45, 2.75) is 0 Å². The summed E-state index contributed by atoms with van der Waals surface area (Å²) in [5.41, 5.74) is 1.26. The molecule has 26 heavy (non-hydrogen) atoms. The van der Waals surface area contributed by atoms with Crippen molar-refractivity contribution in [1.29, 1.82) is 0 Å². The predicted molar refractivity (Wildman–Crippen MR) is 95.3 cm³/mol. The minimum absolute atomic E-state index is 0.224. The zero-order chi connectivity index (χ0) is 18.1. The molecule has 0 bridgehead atoms. The van der Waals surface area contributed by atoms with E-state index in [2.05, 4.69) is 25.4 Å². The van der Waals surface area contributed by atoms with Gasteiger partial charge in [-0.25, -0.2) is 18.9 Å².